The number of ether oxygens (including phenoxy) is 1. The van der Waals surface area contributed by atoms with Crippen molar-refractivity contribution in [2.75, 3.05) is 19.0 Å². The van der Waals surface area contributed by atoms with Crippen LogP contribution in [0, 0.1) is 5.41 Å². The van der Waals surface area contributed by atoms with Gasteiger partial charge in [0.15, 0.2) is 0 Å². The van der Waals surface area contributed by atoms with E-state index in [9.17, 15) is 9.90 Å². The standard InChI is InChI=1S/C13H16ClNO3/c1-18-11-4-3-9(7-10(11)14)15-8-13(12(16)17)5-2-6-13/h3-4,7,15H,2,5-6,8H2,1H3,(H,16,17). The van der Waals surface area contributed by atoms with Gasteiger partial charge in [-0.2, -0.15) is 0 Å². The van der Waals surface area contributed by atoms with Gasteiger partial charge in [-0.15, -0.1) is 0 Å². The maximum Gasteiger partial charge on any atom is 0.311 e. The normalized spacial score (nSPS) is 16.8. The summed E-state index contributed by atoms with van der Waals surface area (Å²) in [4.78, 5) is 11.2. The molecule has 0 atom stereocenters. The molecule has 1 aliphatic carbocycles. The number of anilines is 1. The molecule has 0 bridgehead atoms. The van der Waals surface area contributed by atoms with Gasteiger partial charge in [0, 0.05) is 12.2 Å². The molecular formula is C13H16ClNO3. The van der Waals surface area contributed by atoms with Gasteiger partial charge < -0.3 is 15.2 Å². The third-order valence-corrected chi connectivity index (χ3v) is 3.84. The summed E-state index contributed by atoms with van der Waals surface area (Å²) in [6.07, 6.45) is 2.45. The maximum atomic E-state index is 11.2. The van der Waals surface area contributed by atoms with E-state index < -0.39 is 11.4 Å². The molecule has 1 saturated carbocycles. The van der Waals surface area contributed by atoms with Gasteiger partial charge >= 0.3 is 5.97 Å². The molecule has 1 aromatic rings. The van der Waals surface area contributed by atoms with Crippen LogP contribution in [0.4, 0.5) is 5.69 Å². The Labute approximate surface area is 111 Å². The number of carboxylic acid groups (broad SMARTS) is 1. The zero-order chi connectivity index (χ0) is 13.2. The van der Waals surface area contributed by atoms with Crippen molar-refractivity contribution >= 4 is 23.3 Å². The van der Waals surface area contributed by atoms with E-state index in [1.54, 1.807) is 19.2 Å². The molecule has 1 fully saturated rings. The highest BCUT2D eigenvalue weighted by molar-refractivity contribution is 6.32. The van der Waals surface area contributed by atoms with E-state index in [2.05, 4.69) is 5.32 Å². The smallest absolute Gasteiger partial charge is 0.311 e. The average Bonchev–Trinajstić information content (AvgIpc) is 2.27. The van der Waals surface area contributed by atoms with Gasteiger partial charge in [-0.3, -0.25) is 4.79 Å². The van der Waals surface area contributed by atoms with Crippen molar-refractivity contribution in [1.29, 1.82) is 0 Å². The first-order valence-corrected chi connectivity index (χ1v) is 6.26. The zero-order valence-corrected chi connectivity index (χ0v) is 11.0. The van der Waals surface area contributed by atoms with Gasteiger partial charge in [-0.25, -0.2) is 0 Å². The van der Waals surface area contributed by atoms with Crippen LogP contribution in [-0.4, -0.2) is 24.7 Å². The van der Waals surface area contributed by atoms with E-state index in [1.807, 2.05) is 6.07 Å². The summed E-state index contributed by atoms with van der Waals surface area (Å²) in [5.74, 6) is -0.111. The third kappa shape index (κ3) is 2.38. The minimum atomic E-state index is -0.721. The first-order chi connectivity index (χ1) is 8.57. The summed E-state index contributed by atoms with van der Waals surface area (Å²) >= 11 is 6.01. The van der Waals surface area contributed by atoms with Crippen LogP contribution >= 0.6 is 11.6 Å². The summed E-state index contributed by atoms with van der Waals surface area (Å²) in [7, 11) is 1.56. The van der Waals surface area contributed by atoms with E-state index in [4.69, 9.17) is 16.3 Å². The summed E-state index contributed by atoms with van der Waals surface area (Å²) in [6, 6.07) is 5.34. The second kappa shape index (κ2) is 5.06. The maximum absolute atomic E-state index is 11.2. The fourth-order valence-electron chi connectivity index (χ4n) is 2.12. The van der Waals surface area contributed by atoms with Crippen molar-refractivity contribution in [3.8, 4) is 5.75 Å². The molecule has 2 N–H and O–H groups in total. The van der Waals surface area contributed by atoms with Crippen molar-refractivity contribution in [2.24, 2.45) is 5.41 Å². The molecule has 0 heterocycles. The quantitative estimate of drug-likeness (QED) is 0.863. The monoisotopic (exact) mass is 269 g/mol. The highest BCUT2D eigenvalue weighted by atomic mass is 35.5. The van der Waals surface area contributed by atoms with Crippen LogP contribution in [0.3, 0.4) is 0 Å². The Morgan fingerprint density at radius 2 is 2.28 bits per heavy atom. The lowest BCUT2D eigenvalue weighted by molar-refractivity contribution is -0.153. The first kappa shape index (κ1) is 13.0. The first-order valence-electron chi connectivity index (χ1n) is 5.88. The second-order valence-electron chi connectivity index (χ2n) is 4.64. The predicted octanol–water partition coefficient (Wildman–Crippen LogP) is 3.02. The summed E-state index contributed by atoms with van der Waals surface area (Å²) in [5, 5.41) is 12.9. The number of rotatable bonds is 5. The zero-order valence-electron chi connectivity index (χ0n) is 10.2. The highest BCUT2D eigenvalue weighted by Gasteiger charge is 2.44. The SMILES string of the molecule is COc1ccc(NCC2(C(=O)O)CCC2)cc1Cl. The molecular weight excluding hydrogens is 254 g/mol. The Hall–Kier alpha value is -1.42. The number of halogens is 1. The molecule has 0 aromatic heterocycles. The topological polar surface area (TPSA) is 58.6 Å². The van der Waals surface area contributed by atoms with Crippen LogP contribution in [0.25, 0.3) is 0 Å². The van der Waals surface area contributed by atoms with Gasteiger partial charge in [0.25, 0.3) is 0 Å². The van der Waals surface area contributed by atoms with Crippen LogP contribution < -0.4 is 10.1 Å². The molecule has 0 saturated heterocycles. The van der Waals surface area contributed by atoms with Gasteiger partial charge in [-0.05, 0) is 31.0 Å². The van der Waals surface area contributed by atoms with E-state index in [-0.39, 0.29) is 0 Å². The average molecular weight is 270 g/mol. The molecule has 1 aliphatic rings. The lowest BCUT2D eigenvalue weighted by Crippen LogP contribution is -2.43. The van der Waals surface area contributed by atoms with Crippen molar-refractivity contribution in [1.82, 2.24) is 0 Å². The Bertz CT molecular complexity index is 458. The van der Waals surface area contributed by atoms with Crippen LogP contribution in [0.5, 0.6) is 5.75 Å². The Balaban J connectivity index is 2.02. The van der Waals surface area contributed by atoms with E-state index in [0.29, 0.717) is 17.3 Å². The highest BCUT2D eigenvalue weighted by Crippen LogP contribution is 2.41. The van der Waals surface area contributed by atoms with Gasteiger partial charge in [0.2, 0.25) is 0 Å². The van der Waals surface area contributed by atoms with Gasteiger partial charge in [-0.1, -0.05) is 18.0 Å². The van der Waals surface area contributed by atoms with E-state index in [0.717, 1.165) is 24.9 Å². The number of aliphatic carboxylic acids is 1. The number of hydrogen-bond acceptors (Lipinski definition) is 3. The Morgan fingerprint density at radius 1 is 1.56 bits per heavy atom. The number of methoxy groups -OCH3 is 1. The van der Waals surface area contributed by atoms with Crippen LogP contribution in [0.15, 0.2) is 18.2 Å². The van der Waals surface area contributed by atoms with Crippen molar-refractivity contribution in [3.63, 3.8) is 0 Å². The lowest BCUT2D eigenvalue weighted by atomic mass is 9.69. The van der Waals surface area contributed by atoms with Crippen molar-refractivity contribution in [2.45, 2.75) is 19.3 Å². The molecule has 2 rings (SSSR count). The summed E-state index contributed by atoms with van der Waals surface area (Å²) in [6.45, 7) is 0.436. The minimum Gasteiger partial charge on any atom is -0.495 e. The van der Waals surface area contributed by atoms with Crippen LogP contribution in [-0.2, 0) is 4.79 Å². The number of carboxylic acids is 1. The van der Waals surface area contributed by atoms with Crippen molar-refractivity contribution in [3.05, 3.63) is 23.2 Å². The number of carbonyl (C=O) groups is 1. The van der Waals surface area contributed by atoms with Gasteiger partial charge in [0.05, 0.1) is 17.5 Å². The fraction of sp³-hybridized carbons (Fsp3) is 0.462. The molecule has 18 heavy (non-hydrogen) atoms. The molecule has 0 radical (unpaired) electrons. The molecule has 1 aromatic carbocycles. The Morgan fingerprint density at radius 3 is 2.72 bits per heavy atom. The fourth-order valence-corrected chi connectivity index (χ4v) is 2.38. The Kier molecular flexibility index (Phi) is 3.66. The molecule has 0 aliphatic heterocycles. The van der Waals surface area contributed by atoms with E-state index in [1.165, 1.54) is 0 Å². The molecule has 5 heteroatoms. The van der Waals surface area contributed by atoms with Crippen molar-refractivity contribution < 1.29 is 14.6 Å². The number of nitrogens with one attached hydrogen (secondary N) is 1. The van der Waals surface area contributed by atoms with Gasteiger partial charge in [0.1, 0.15) is 5.75 Å². The number of hydrogen-bond donors (Lipinski definition) is 2. The van der Waals surface area contributed by atoms with Crippen LogP contribution in [0.1, 0.15) is 19.3 Å². The largest absolute Gasteiger partial charge is 0.495 e. The predicted molar refractivity (Wildman–Crippen MR) is 70.4 cm³/mol. The molecule has 0 spiro atoms. The third-order valence-electron chi connectivity index (χ3n) is 3.55. The summed E-state index contributed by atoms with van der Waals surface area (Å²) < 4.78 is 5.06. The summed E-state index contributed by atoms with van der Waals surface area (Å²) in [5.41, 5.74) is 0.209. The molecule has 0 unspecified atom stereocenters. The lowest BCUT2D eigenvalue weighted by Gasteiger charge is -2.37. The molecule has 98 valence electrons. The van der Waals surface area contributed by atoms with E-state index >= 15 is 0 Å². The number of benzene rings is 1. The molecule has 4 nitrogen and oxygen atoms in total. The molecule has 0 amide bonds. The second-order valence-corrected chi connectivity index (χ2v) is 5.05. The van der Waals surface area contributed by atoms with Crippen LogP contribution in [0.2, 0.25) is 5.02 Å². The minimum absolute atomic E-state index is 0.436.